The van der Waals surface area contributed by atoms with Crippen LogP contribution in [0.1, 0.15) is 0 Å². The van der Waals surface area contributed by atoms with Crippen LogP contribution in [0.5, 0.6) is 0 Å². The lowest BCUT2D eigenvalue weighted by Crippen LogP contribution is -2.53. The van der Waals surface area contributed by atoms with Gasteiger partial charge in [-0.2, -0.15) is 0 Å². The quantitative estimate of drug-likeness (QED) is 0.712. The summed E-state index contributed by atoms with van der Waals surface area (Å²) in [5.74, 6) is 0. The molecule has 0 radical (unpaired) electrons. The average molecular weight is 345 g/mol. The Morgan fingerprint density at radius 2 is 1.45 bits per heavy atom. The van der Waals surface area contributed by atoms with Gasteiger partial charge in [0.25, 0.3) is 0 Å². The van der Waals surface area contributed by atoms with Crippen LogP contribution in [0.2, 0.25) is 45.8 Å². The van der Waals surface area contributed by atoms with Gasteiger partial charge in [-0.3, -0.25) is 0 Å². The van der Waals surface area contributed by atoms with E-state index >= 15 is 0 Å². The highest BCUT2D eigenvalue weighted by Gasteiger charge is 2.35. The zero-order valence-corrected chi connectivity index (χ0v) is 18.1. The topological polar surface area (TPSA) is 27.7 Å². The van der Waals surface area contributed by atoms with Crippen LogP contribution in [0, 0.1) is 0 Å². The van der Waals surface area contributed by atoms with Crippen molar-refractivity contribution in [2.75, 3.05) is 0 Å². The van der Waals surface area contributed by atoms with Gasteiger partial charge >= 0.3 is 17.8 Å². The zero-order valence-electron chi connectivity index (χ0n) is 13.8. The molecule has 114 valence electrons. The molecule has 0 fully saturated rings. The minimum absolute atomic E-state index is 1.13. The van der Waals surface area contributed by atoms with Crippen molar-refractivity contribution in [2.45, 2.75) is 45.8 Å². The lowest BCUT2D eigenvalue weighted by atomic mass is 10.4. The molecule has 1 atom stereocenters. The first-order valence-electron chi connectivity index (χ1n) is 7.17. The molecule has 0 heterocycles. The molecule has 0 aliphatic heterocycles. The summed E-state index contributed by atoms with van der Waals surface area (Å²) in [6, 6.07) is 10.4. The molecule has 0 amide bonds. The first-order valence-corrected chi connectivity index (χ1v) is 17.7. The van der Waals surface area contributed by atoms with Gasteiger partial charge < -0.3 is 12.3 Å². The van der Waals surface area contributed by atoms with E-state index in [1.54, 1.807) is 0 Å². The molecule has 7 heteroatoms. The van der Waals surface area contributed by atoms with Gasteiger partial charge in [-0.15, -0.1) is 0 Å². The molecule has 1 unspecified atom stereocenters. The van der Waals surface area contributed by atoms with Crippen molar-refractivity contribution in [1.29, 1.82) is 0 Å². The fraction of sp³-hybridized carbons (Fsp3) is 0.538. The van der Waals surface area contributed by atoms with Crippen LogP contribution in [0.4, 0.5) is 0 Å². The lowest BCUT2D eigenvalue weighted by Gasteiger charge is -2.34. The highest BCUT2D eigenvalue weighted by atomic mass is 28.5. The molecular formula is C13H28O3Si4. The van der Waals surface area contributed by atoms with Gasteiger partial charge in [-0.25, -0.2) is 0 Å². The van der Waals surface area contributed by atoms with Crippen molar-refractivity contribution < 1.29 is 12.3 Å². The van der Waals surface area contributed by atoms with E-state index in [2.05, 4.69) is 70.1 Å². The van der Waals surface area contributed by atoms with Crippen LogP contribution < -0.4 is 5.19 Å². The maximum atomic E-state index is 6.41. The monoisotopic (exact) mass is 344 g/mol. The van der Waals surface area contributed by atoms with Gasteiger partial charge in [0.2, 0.25) is 0 Å². The predicted octanol–water partition coefficient (Wildman–Crippen LogP) is 2.68. The Balaban J connectivity index is 2.85. The Morgan fingerprint density at radius 3 is 1.90 bits per heavy atom. The molecule has 0 saturated heterocycles. The Morgan fingerprint density at radius 1 is 0.900 bits per heavy atom. The van der Waals surface area contributed by atoms with Crippen molar-refractivity contribution in [3.8, 4) is 0 Å². The largest absolute Gasteiger partial charge is 0.438 e. The molecule has 0 saturated carbocycles. The molecule has 1 rings (SSSR count). The summed E-state index contributed by atoms with van der Waals surface area (Å²) in [5.41, 5.74) is 0. The third kappa shape index (κ3) is 7.11. The van der Waals surface area contributed by atoms with E-state index in [-0.39, 0.29) is 0 Å². The molecule has 0 aliphatic carbocycles. The van der Waals surface area contributed by atoms with E-state index in [1.807, 2.05) is 6.07 Å². The summed E-state index contributed by atoms with van der Waals surface area (Å²) in [4.78, 5) is 0. The molecule has 3 nitrogen and oxygen atoms in total. The molecule has 0 aliphatic rings. The van der Waals surface area contributed by atoms with E-state index in [0.717, 1.165) is 0 Å². The third-order valence-electron chi connectivity index (χ3n) is 2.41. The first-order chi connectivity index (χ1) is 9.09. The molecule has 0 bridgehead atoms. The molecule has 0 spiro atoms. The minimum atomic E-state index is -2.13. The van der Waals surface area contributed by atoms with Crippen LogP contribution in [0.25, 0.3) is 0 Å². The van der Waals surface area contributed by atoms with E-state index in [9.17, 15) is 0 Å². The molecular weight excluding hydrogens is 316 g/mol. The van der Waals surface area contributed by atoms with Crippen LogP contribution in [-0.4, -0.2) is 35.2 Å². The fourth-order valence-electron chi connectivity index (χ4n) is 2.05. The van der Waals surface area contributed by atoms with Crippen molar-refractivity contribution in [2.24, 2.45) is 0 Å². The molecule has 0 N–H and O–H groups in total. The van der Waals surface area contributed by atoms with Gasteiger partial charge in [0.05, 0.1) is 0 Å². The zero-order chi connectivity index (χ0) is 15.4. The van der Waals surface area contributed by atoms with Gasteiger partial charge in [-0.1, -0.05) is 30.3 Å². The Bertz CT molecular complexity index is 404. The predicted molar refractivity (Wildman–Crippen MR) is 96.2 cm³/mol. The third-order valence-corrected chi connectivity index (χ3v) is 14.0. The average Bonchev–Trinajstić information content (AvgIpc) is 2.25. The number of hydrogen-bond donors (Lipinski definition) is 0. The summed E-state index contributed by atoms with van der Waals surface area (Å²) in [6.45, 7) is 15.3. The van der Waals surface area contributed by atoms with Gasteiger partial charge in [-0.05, 0) is 51.0 Å². The van der Waals surface area contributed by atoms with E-state index in [0.29, 0.717) is 0 Å². The normalized spacial score (nSPS) is 14.6. The van der Waals surface area contributed by atoms with Gasteiger partial charge in [0.1, 0.15) is 0 Å². The van der Waals surface area contributed by atoms with Crippen LogP contribution in [-0.2, 0) is 12.3 Å². The molecule has 20 heavy (non-hydrogen) atoms. The highest BCUT2D eigenvalue weighted by molar-refractivity contribution is 6.86. The summed E-state index contributed by atoms with van der Waals surface area (Å²) < 4.78 is 18.9. The Labute approximate surface area is 129 Å². The lowest BCUT2D eigenvalue weighted by molar-refractivity contribution is 0.361. The van der Waals surface area contributed by atoms with Crippen LogP contribution in [0.3, 0.4) is 0 Å². The second-order valence-corrected chi connectivity index (χ2v) is 20.0. The number of rotatable bonds is 7. The SMILES string of the molecule is C[SiH](C)O[SiH](O[Si](C)(C)O[Si](C)(C)C)c1ccccc1. The summed E-state index contributed by atoms with van der Waals surface area (Å²) in [7, 11) is -6.69. The van der Waals surface area contributed by atoms with Crippen LogP contribution >= 0.6 is 0 Å². The van der Waals surface area contributed by atoms with Crippen LogP contribution in [0.15, 0.2) is 30.3 Å². The maximum absolute atomic E-state index is 6.41. The summed E-state index contributed by atoms with van der Waals surface area (Å²) in [6.07, 6.45) is 0. The smallest absolute Gasteiger partial charge is 0.336 e. The van der Waals surface area contributed by atoms with Crippen molar-refractivity contribution >= 4 is 40.4 Å². The number of hydrogen-bond acceptors (Lipinski definition) is 3. The highest BCUT2D eigenvalue weighted by Crippen LogP contribution is 2.16. The fourth-order valence-corrected chi connectivity index (χ4v) is 15.0. The molecule has 1 aromatic carbocycles. The van der Waals surface area contributed by atoms with Crippen molar-refractivity contribution in [3.05, 3.63) is 30.3 Å². The minimum Gasteiger partial charge on any atom is -0.438 e. The second kappa shape index (κ2) is 7.30. The van der Waals surface area contributed by atoms with E-state index in [4.69, 9.17) is 12.3 Å². The Hall–Kier alpha value is -0.0325. The maximum Gasteiger partial charge on any atom is 0.336 e. The Kier molecular flexibility index (Phi) is 6.57. The number of benzene rings is 1. The van der Waals surface area contributed by atoms with Gasteiger partial charge in [0.15, 0.2) is 17.4 Å². The van der Waals surface area contributed by atoms with Gasteiger partial charge in [0, 0.05) is 0 Å². The van der Waals surface area contributed by atoms with Crippen molar-refractivity contribution in [1.82, 2.24) is 0 Å². The molecule has 1 aromatic rings. The summed E-state index contributed by atoms with van der Waals surface area (Å²) >= 11 is 0. The summed E-state index contributed by atoms with van der Waals surface area (Å²) in [5, 5.41) is 1.22. The van der Waals surface area contributed by atoms with E-state index in [1.165, 1.54) is 5.19 Å². The first kappa shape index (κ1) is 18.0. The van der Waals surface area contributed by atoms with E-state index < -0.39 is 35.2 Å². The second-order valence-electron chi connectivity index (χ2n) is 6.66. The standard InChI is InChI=1S/C13H28O3Si4/c1-17(2)14-18(13-11-9-8-10-12-13)15-20(6,7)16-19(3,4)5/h8-12,17-18H,1-7H3. The molecule has 0 aromatic heterocycles. The van der Waals surface area contributed by atoms with Crippen molar-refractivity contribution in [3.63, 3.8) is 0 Å².